The fourth-order valence-electron chi connectivity index (χ4n) is 3.58. The third kappa shape index (κ3) is 5.37. The fourth-order valence-corrected chi connectivity index (χ4v) is 5.87. The van der Waals surface area contributed by atoms with Crippen LogP contribution in [0.2, 0.25) is 0 Å². The van der Waals surface area contributed by atoms with Crippen LogP contribution in [0.15, 0.2) is 58.8 Å². The smallest absolute Gasteiger partial charge is 0.416 e. The van der Waals surface area contributed by atoms with Gasteiger partial charge in [-0.25, -0.2) is 13.4 Å². The van der Waals surface area contributed by atoms with Crippen molar-refractivity contribution in [1.29, 1.82) is 0 Å². The van der Waals surface area contributed by atoms with E-state index in [4.69, 9.17) is 4.74 Å². The van der Waals surface area contributed by atoms with Gasteiger partial charge >= 0.3 is 6.18 Å². The number of halogens is 3. The van der Waals surface area contributed by atoms with Crippen molar-refractivity contribution in [2.45, 2.75) is 17.6 Å². The van der Waals surface area contributed by atoms with Gasteiger partial charge in [0.1, 0.15) is 10.8 Å². The van der Waals surface area contributed by atoms with Crippen LogP contribution in [0.3, 0.4) is 0 Å². The van der Waals surface area contributed by atoms with Crippen molar-refractivity contribution in [3.8, 4) is 16.3 Å². The van der Waals surface area contributed by atoms with Gasteiger partial charge in [0.15, 0.2) is 0 Å². The highest BCUT2D eigenvalue weighted by Crippen LogP contribution is 2.31. The van der Waals surface area contributed by atoms with Crippen molar-refractivity contribution < 1.29 is 26.3 Å². The summed E-state index contributed by atoms with van der Waals surface area (Å²) in [6.07, 6.45) is -4.59. The Bertz CT molecular complexity index is 1200. The lowest BCUT2D eigenvalue weighted by atomic mass is 10.2. The third-order valence-electron chi connectivity index (χ3n) is 5.40. The third-order valence-corrected chi connectivity index (χ3v) is 8.24. The number of alkyl halides is 3. The molecule has 4 rings (SSSR count). The molecule has 1 aliphatic heterocycles. The number of benzene rings is 2. The summed E-state index contributed by atoms with van der Waals surface area (Å²) in [5.74, 6) is 0.772. The molecule has 0 spiro atoms. The number of ether oxygens (including phenoxy) is 1. The van der Waals surface area contributed by atoms with E-state index in [1.807, 2.05) is 29.6 Å². The molecule has 0 radical (unpaired) electrons. The van der Waals surface area contributed by atoms with Gasteiger partial charge < -0.3 is 4.74 Å². The molecule has 33 heavy (non-hydrogen) atoms. The minimum absolute atomic E-state index is 0.202. The summed E-state index contributed by atoms with van der Waals surface area (Å²) in [5, 5.41) is 2.86. The van der Waals surface area contributed by atoms with E-state index in [9.17, 15) is 21.6 Å². The first kappa shape index (κ1) is 23.7. The number of sulfonamides is 1. The topological polar surface area (TPSA) is 62.7 Å². The van der Waals surface area contributed by atoms with Crippen molar-refractivity contribution in [2.75, 3.05) is 33.3 Å². The molecule has 6 nitrogen and oxygen atoms in total. The van der Waals surface area contributed by atoms with Gasteiger partial charge in [-0.05, 0) is 42.5 Å². The van der Waals surface area contributed by atoms with Gasteiger partial charge in [-0.1, -0.05) is 6.07 Å². The minimum atomic E-state index is -4.59. The Labute approximate surface area is 194 Å². The van der Waals surface area contributed by atoms with Crippen LogP contribution < -0.4 is 4.74 Å². The molecule has 3 aromatic rings. The highest BCUT2D eigenvalue weighted by atomic mass is 32.2. The molecular weight excluding hydrogens is 475 g/mol. The maximum atomic E-state index is 13.0. The largest absolute Gasteiger partial charge is 0.497 e. The van der Waals surface area contributed by atoms with Gasteiger partial charge in [0, 0.05) is 43.7 Å². The number of methoxy groups -OCH3 is 1. The maximum Gasteiger partial charge on any atom is 0.416 e. The Hall–Kier alpha value is -2.47. The highest BCUT2D eigenvalue weighted by Gasteiger charge is 2.34. The van der Waals surface area contributed by atoms with Crippen LogP contribution >= 0.6 is 11.3 Å². The molecule has 1 aromatic heterocycles. The van der Waals surface area contributed by atoms with E-state index >= 15 is 0 Å². The number of hydrogen-bond donors (Lipinski definition) is 0. The number of nitrogens with zero attached hydrogens (tertiary/aromatic N) is 3. The van der Waals surface area contributed by atoms with Crippen LogP contribution in [0.1, 0.15) is 11.3 Å². The van der Waals surface area contributed by atoms with E-state index in [2.05, 4.69) is 9.88 Å². The zero-order valence-electron chi connectivity index (χ0n) is 17.7. The number of rotatable bonds is 6. The van der Waals surface area contributed by atoms with E-state index in [-0.39, 0.29) is 18.0 Å². The first-order valence-electron chi connectivity index (χ1n) is 10.2. The summed E-state index contributed by atoms with van der Waals surface area (Å²) in [6.45, 7) is 1.91. The average Bonchev–Trinajstić information content (AvgIpc) is 3.27. The number of thiazole rings is 1. The maximum absolute atomic E-state index is 13.0. The highest BCUT2D eigenvalue weighted by molar-refractivity contribution is 7.89. The summed E-state index contributed by atoms with van der Waals surface area (Å²) in [4.78, 5) is 6.43. The average molecular weight is 498 g/mol. The molecule has 0 atom stereocenters. The van der Waals surface area contributed by atoms with Crippen LogP contribution in [0.25, 0.3) is 10.6 Å². The van der Waals surface area contributed by atoms with Crippen molar-refractivity contribution >= 4 is 21.4 Å². The van der Waals surface area contributed by atoms with Gasteiger partial charge in [-0.15, -0.1) is 11.3 Å². The molecule has 0 saturated carbocycles. The molecule has 0 amide bonds. The van der Waals surface area contributed by atoms with Gasteiger partial charge in [0.25, 0.3) is 0 Å². The van der Waals surface area contributed by atoms with Crippen molar-refractivity contribution in [2.24, 2.45) is 0 Å². The van der Waals surface area contributed by atoms with Gasteiger partial charge in [-0.2, -0.15) is 17.5 Å². The zero-order chi connectivity index (χ0) is 23.6. The normalized spacial score (nSPS) is 16.1. The van der Waals surface area contributed by atoms with E-state index in [0.29, 0.717) is 25.7 Å². The SMILES string of the molecule is COc1ccc(-c2nc(CN3CCN(S(=O)(=O)c4cccc(C(F)(F)F)c4)CC3)cs2)cc1. The first-order valence-corrected chi connectivity index (χ1v) is 12.5. The van der Waals surface area contributed by atoms with E-state index in [0.717, 1.165) is 34.1 Å². The predicted octanol–water partition coefficient (Wildman–Crippen LogP) is 4.34. The molecule has 176 valence electrons. The Balaban J connectivity index is 1.38. The number of piperazine rings is 1. The molecule has 2 aromatic carbocycles. The van der Waals surface area contributed by atoms with Crippen LogP contribution in [-0.2, 0) is 22.7 Å². The summed E-state index contributed by atoms with van der Waals surface area (Å²) in [6, 6.07) is 11.5. The van der Waals surface area contributed by atoms with Crippen LogP contribution in [0, 0.1) is 0 Å². The van der Waals surface area contributed by atoms with Gasteiger partial charge in [0.05, 0.1) is 23.3 Å². The lowest BCUT2D eigenvalue weighted by Crippen LogP contribution is -2.48. The molecule has 0 aliphatic carbocycles. The Kier molecular flexibility index (Phi) is 6.76. The monoisotopic (exact) mass is 497 g/mol. The minimum Gasteiger partial charge on any atom is -0.497 e. The van der Waals surface area contributed by atoms with E-state index < -0.39 is 21.8 Å². The number of aromatic nitrogens is 1. The quantitative estimate of drug-likeness (QED) is 0.507. The van der Waals surface area contributed by atoms with E-state index in [1.54, 1.807) is 7.11 Å². The Morgan fingerprint density at radius 1 is 1.06 bits per heavy atom. The van der Waals surface area contributed by atoms with Crippen LogP contribution in [0.4, 0.5) is 13.2 Å². The number of hydrogen-bond acceptors (Lipinski definition) is 6. The van der Waals surface area contributed by atoms with E-state index in [1.165, 1.54) is 21.7 Å². The molecular formula is C22H22F3N3O3S2. The standard InChI is InChI=1S/C22H22F3N3O3S2/c1-31-19-7-5-16(6-8-19)21-26-18(15-32-21)14-27-9-11-28(12-10-27)33(29,30)20-4-2-3-17(13-20)22(23,24)25/h2-8,13,15H,9-12,14H2,1H3. The Morgan fingerprint density at radius 3 is 2.39 bits per heavy atom. The van der Waals surface area contributed by atoms with Crippen molar-refractivity contribution in [3.05, 3.63) is 65.2 Å². The molecule has 0 unspecified atom stereocenters. The molecule has 1 aliphatic rings. The fraction of sp³-hybridized carbons (Fsp3) is 0.318. The van der Waals surface area contributed by atoms with Crippen LogP contribution in [0.5, 0.6) is 5.75 Å². The second-order valence-electron chi connectivity index (χ2n) is 7.58. The Morgan fingerprint density at radius 2 is 1.76 bits per heavy atom. The lowest BCUT2D eigenvalue weighted by Gasteiger charge is -2.33. The summed E-state index contributed by atoms with van der Waals surface area (Å²) in [5.41, 5.74) is 0.905. The second-order valence-corrected chi connectivity index (χ2v) is 10.4. The summed E-state index contributed by atoms with van der Waals surface area (Å²) < 4.78 is 71.1. The molecule has 1 fully saturated rings. The van der Waals surface area contributed by atoms with Crippen molar-refractivity contribution in [1.82, 2.24) is 14.2 Å². The molecule has 2 heterocycles. The first-order chi connectivity index (χ1) is 15.7. The second kappa shape index (κ2) is 9.41. The van der Waals surface area contributed by atoms with Gasteiger partial charge in [-0.3, -0.25) is 4.90 Å². The lowest BCUT2D eigenvalue weighted by molar-refractivity contribution is -0.137. The summed E-state index contributed by atoms with van der Waals surface area (Å²) in [7, 11) is -2.38. The zero-order valence-corrected chi connectivity index (χ0v) is 19.4. The van der Waals surface area contributed by atoms with Crippen molar-refractivity contribution in [3.63, 3.8) is 0 Å². The molecule has 1 saturated heterocycles. The molecule has 0 N–H and O–H groups in total. The van der Waals surface area contributed by atoms with Crippen LogP contribution in [-0.4, -0.2) is 55.9 Å². The summed E-state index contributed by atoms with van der Waals surface area (Å²) >= 11 is 1.53. The van der Waals surface area contributed by atoms with Gasteiger partial charge in [0.2, 0.25) is 10.0 Å². The molecule has 11 heteroatoms. The predicted molar refractivity (Wildman–Crippen MR) is 120 cm³/mol. The molecule has 0 bridgehead atoms.